The summed E-state index contributed by atoms with van der Waals surface area (Å²) in [5.41, 5.74) is 3.36. The van der Waals surface area contributed by atoms with E-state index in [1.807, 2.05) is 32.9 Å². The number of furan rings is 1. The van der Waals surface area contributed by atoms with Crippen molar-refractivity contribution in [2.75, 3.05) is 0 Å². The van der Waals surface area contributed by atoms with Gasteiger partial charge in [-0.2, -0.15) is 0 Å². The SMILES string of the molecule is Cc1ccc(C)c(OCc2occc2C(=O)O)c1C. The fourth-order valence-electron chi connectivity index (χ4n) is 1.93. The lowest BCUT2D eigenvalue weighted by molar-refractivity contribution is 0.0692. The highest BCUT2D eigenvalue weighted by molar-refractivity contribution is 5.88. The van der Waals surface area contributed by atoms with Gasteiger partial charge in [-0.3, -0.25) is 0 Å². The van der Waals surface area contributed by atoms with Crippen molar-refractivity contribution in [1.29, 1.82) is 0 Å². The monoisotopic (exact) mass is 260 g/mol. The van der Waals surface area contributed by atoms with Gasteiger partial charge in [0.2, 0.25) is 0 Å². The van der Waals surface area contributed by atoms with Gasteiger partial charge in [0.1, 0.15) is 17.9 Å². The predicted molar refractivity (Wildman–Crippen MR) is 70.7 cm³/mol. The van der Waals surface area contributed by atoms with Gasteiger partial charge in [-0.05, 0) is 43.5 Å². The Morgan fingerprint density at radius 1 is 1.21 bits per heavy atom. The molecule has 0 aliphatic rings. The lowest BCUT2D eigenvalue weighted by Gasteiger charge is -2.13. The number of carboxylic acids is 1. The Balaban J connectivity index is 2.22. The van der Waals surface area contributed by atoms with Crippen LogP contribution in [-0.2, 0) is 6.61 Å². The van der Waals surface area contributed by atoms with Crippen molar-refractivity contribution >= 4 is 5.97 Å². The van der Waals surface area contributed by atoms with Gasteiger partial charge in [-0.1, -0.05) is 12.1 Å². The van der Waals surface area contributed by atoms with Gasteiger partial charge in [-0.25, -0.2) is 4.79 Å². The molecule has 1 N–H and O–H groups in total. The lowest BCUT2D eigenvalue weighted by Crippen LogP contribution is -2.04. The van der Waals surface area contributed by atoms with Crippen molar-refractivity contribution in [1.82, 2.24) is 0 Å². The van der Waals surface area contributed by atoms with Crippen molar-refractivity contribution in [3.05, 3.63) is 52.5 Å². The van der Waals surface area contributed by atoms with Crippen LogP contribution in [0.4, 0.5) is 0 Å². The Morgan fingerprint density at radius 2 is 1.89 bits per heavy atom. The van der Waals surface area contributed by atoms with Crippen LogP contribution >= 0.6 is 0 Å². The highest BCUT2D eigenvalue weighted by Crippen LogP contribution is 2.27. The molecular weight excluding hydrogens is 244 g/mol. The molecule has 0 saturated heterocycles. The maximum atomic E-state index is 11.0. The Labute approximate surface area is 111 Å². The minimum Gasteiger partial charge on any atom is -0.485 e. The first kappa shape index (κ1) is 13.2. The van der Waals surface area contributed by atoms with Crippen LogP contribution in [0.2, 0.25) is 0 Å². The first-order chi connectivity index (χ1) is 9.00. The molecule has 1 aromatic heterocycles. The fraction of sp³-hybridized carbons (Fsp3) is 0.267. The molecule has 0 spiro atoms. The van der Waals surface area contributed by atoms with E-state index in [0.717, 1.165) is 22.4 Å². The molecule has 2 aromatic rings. The number of aromatic carboxylic acids is 1. The zero-order valence-electron chi connectivity index (χ0n) is 11.2. The molecule has 4 nitrogen and oxygen atoms in total. The van der Waals surface area contributed by atoms with Crippen molar-refractivity contribution in [2.45, 2.75) is 27.4 Å². The second kappa shape index (κ2) is 5.18. The number of rotatable bonds is 4. The molecule has 0 amide bonds. The number of ether oxygens (including phenoxy) is 1. The number of carbonyl (C=O) groups is 1. The zero-order chi connectivity index (χ0) is 14.0. The van der Waals surface area contributed by atoms with Gasteiger partial charge >= 0.3 is 5.97 Å². The third kappa shape index (κ3) is 2.62. The molecule has 100 valence electrons. The first-order valence-corrected chi connectivity index (χ1v) is 6.00. The van der Waals surface area contributed by atoms with Crippen LogP contribution in [0.3, 0.4) is 0 Å². The molecule has 1 aromatic carbocycles. The standard InChI is InChI=1S/C15H16O4/c1-9-4-5-10(2)14(11(9)3)19-8-13-12(15(16)17)6-7-18-13/h4-7H,8H2,1-3H3,(H,16,17). The molecule has 0 unspecified atom stereocenters. The Morgan fingerprint density at radius 3 is 2.58 bits per heavy atom. The van der Waals surface area contributed by atoms with E-state index in [1.165, 1.54) is 12.3 Å². The van der Waals surface area contributed by atoms with Crippen LogP contribution in [0.1, 0.15) is 32.8 Å². The summed E-state index contributed by atoms with van der Waals surface area (Å²) < 4.78 is 10.9. The van der Waals surface area contributed by atoms with E-state index < -0.39 is 5.97 Å². The van der Waals surface area contributed by atoms with Crippen molar-refractivity contribution in [3.63, 3.8) is 0 Å². The molecule has 0 bridgehead atoms. The molecule has 4 heteroatoms. The van der Waals surface area contributed by atoms with E-state index in [9.17, 15) is 4.79 Å². The summed E-state index contributed by atoms with van der Waals surface area (Å²) in [6, 6.07) is 5.45. The van der Waals surface area contributed by atoms with E-state index in [1.54, 1.807) is 0 Å². The largest absolute Gasteiger partial charge is 0.485 e. The molecular formula is C15H16O4. The molecule has 0 aliphatic carbocycles. The summed E-state index contributed by atoms with van der Waals surface area (Å²) in [7, 11) is 0. The minimum atomic E-state index is -1.01. The van der Waals surface area contributed by atoms with Gasteiger partial charge in [0.25, 0.3) is 0 Å². The quantitative estimate of drug-likeness (QED) is 0.914. The molecule has 0 fully saturated rings. The first-order valence-electron chi connectivity index (χ1n) is 6.00. The van der Waals surface area contributed by atoms with E-state index in [2.05, 4.69) is 0 Å². The summed E-state index contributed by atoms with van der Waals surface area (Å²) in [5.74, 6) is 0.102. The molecule has 0 saturated carbocycles. The topological polar surface area (TPSA) is 59.7 Å². The smallest absolute Gasteiger partial charge is 0.339 e. The molecule has 1 heterocycles. The average Bonchev–Trinajstić information content (AvgIpc) is 2.82. The number of hydrogen-bond acceptors (Lipinski definition) is 3. The molecule has 0 aliphatic heterocycles. The second-order valence-electron chi connectivity index (χ2n) is 4.50. The summed E-state index contributed by atoms with van der Waals surface area (Å²) in [6.45, 7) is 6.07. The third-order valence-electron chi connectivity index (χ3n) is 3.20. The third-order valence-corrected chi connectivity index (χ3v) is 3.20. The van der Waals surface area contributed by atoms with Crippen molar-refractivity contribution in [3.8, 4) is 5.75 Å². The van der Waals surface area contributed by atoms with Gasteiger partial charge in [0, 0.05) is 0 Å². The maximum absolute atomic E-state index is 11.0. The second-order valence-corrected chi connectivity index (χ2v) is 4.50. The highest BCUT2D eigenvalue weighted by atomic mass is 16.5. The fourth-order valence-corrected chi connectivity index (χ4v) is 1.93. The van der Waals surface area contributed by atoms with Crippen molar-refractivity contribution < 1.29 is 19.1 Å². The van der Waals surface area contributed by atoms with E-state index in [4.69, 9.17) is 14.3 Å². The lowest BCUT2D eigenvalue weighted by atomic mass is 10.1. The van der Waals surface area contributed by atoms with Crippen LogP contribution in [-0.4, -0.2) is 11.1 Å². The normalized spacial score (nSPS) is 10.5. The van der Waals surface area contributed by atoms with Crippen LogP contribution in [0.25, 0.3) is 0 Å². The van der Waals surface area contributed by atoms with Gasteiger partial charge in [0.15, 0.2) is 5.76 Å². The zero-order valence-corrected chi connectivity index (χ0v) is 11.2. The van der Waals surface area contributed by atoms with E-state index in [-0.39, 0.29) is 12.2 Å². The van der Waals surface area contributed by atoms with Crippen molar-refractivity contribution in [2.24, 2.45) is 0 Å². The van der Waals surface area contributed by atoms with Crippen LogP contribution in [0.15, 0.2) is 28.9 Å². The molecule has 0 atom stereocenters. The van der Waals surface area contributed by atoms with E-state index >= 15 is 0 Å². The van der Waals surface area contributed by atoms with Crippen LogP contribution in [0, 0.1) is 20.8 Å². The van der Waals surface area contributed by atoms with Crippen LogP contribution < -0.4 is 4.74 Å². The minimum absolute atomic E-state index is 0.111. The Hall–Kier alpha value is -2.23. The Bertz CT molecular complexity index is 611. The van der Waals surface area contributed by atoms with Gasteiger partial charge in [-0.15, -0.1) is 0 Å². The molecule has 2 rings (SSSR count). The number of carboxylic acid groups (broad SMARTS) is 1. The Kier molecular flexibility index (Phi) is 3.60. The maximum Gasteiger partial charge on any atom is 0.339 e. The average molecular weight is 260 g/mol. The van der Waals surface area contributed by atoms with Gasteiger partial charge in [0.05, 0.1) is 6.26 Å². The van der Waals surface area contributed by atoms with Crippen LogP contribution in [0.5, 0.6) is 5.75 Å². The van der Waals surface area contributed by atoms with Gasteiger partial charge < -0.3 is 14.3 Å². The summed E-state index contributed by atoms with van der Waals surface area (Å²) in [5, 5.41) is 8.99. The molecule has 0 radical (unpaired) electrons. The highest BCUT2D eigenvalue weighted by Gasteiger charge is 2.15. The van der Waals surface area contributed by atoms with E-state index in [0.29, 0.717) is 5.76 Å². The number of aryl methyl sites for hydroxylation is 2. The summed E-state index contributed by atoms with van der Waals surface area (Å²) in [6.07, 6.45) is 1.36. The molecule has 19 heavy (non-hydrogen) atoms. The summed E-state index contributed by atoms with van der Waals surface area (Å²) in [4.78, 5) is 11.0. The summed E-state index contributed by atoms with van der Waals surface area (Å²) >= 11 is 0. The number of hydrogen-bond donors (Lipinski definition) is 1. The number of benzene rings is 1. The predicted octanol–water partition coefficient (Wildman–Crippen LogP) is 3.48.